The lowest BCUT2D eigenvalue weighted by atomic mass is 9.76. The second kappa shape index (κ2) is 13.3. The van der Waals surface area contributed by atoms with Crippen LogP contribution in [0.1, 0.15) is 103 Å². The molecule has 34 heavy (non-hydrogen) atoms. The van der Waals surface area contributed by atoms with E-state index in [9.17, 15) is 9.59 Å². The summed E-state index contributed by atoms with van der Waals surface area (Å²) in [5.41, 5.74) is -0.514. The highest BCUT2D eigenvalue weighted by atomic mass is 16.7. The summed E-state index contributed by atoms with van der Waals surface area (Å²) in [4.78, 5) is 27.8. The number of methoxy groups -OCH3 is 1. The van der Waals surface area contributed by atoms with E-state index >= 15 is 0 Å². The lowest BCUT2D eigenvalue weighted by Gasteiger charge is -2.37. The maximum absolute atomic E-state index is 13.5. The first-order valence-electron chi connectivity index (χ1n) is 13.0. The quantitative estimate of drug-likeness (QED) is 0.213. The Labute approximate surface area is 206 Å². The minimum absolute atomic E-state index is 0.106. The zero-order valence-corrected chi connectivity index (χ0v) is 22.2. The standard InChI is InChI=1S/C27H44BNO5/c1-7-9-11-15-19-29(20-16-12-10-8-2)24(30)21-27(5)26(3,4)33-28(34-27)23-18-14-13-17-22(23)25(31)32-6/h13-14,17-18H,7-12,15-16,19-21H2,1-6H3. The van der Waals surface area contributed by atoms with Gasteiger partial charge in [0.25, 0.3) is 0 Å². The van der Waals surface area contributed by atoms with Crippen LogP contribution in [-0.2, 0) is 18.8 Å². The predicted octanol–water partition coefficient (Wildman–Crippen LogP) is 5.13. The molecule has 0 radical (unpaired) electrons. The molecule has 1 aromatic rings. The molecule has 0 N–H and O–H groups in total. The largest absolute Gasteiger partial charge is 0.495 e. The third-order valence-corrected chi connectivity index (χ3v) is 7.07. The van der Waals surface area contributed by atoms with Gasteiger partial charge in [0.1, 0.15) is 0 Å². The van der Waals surface area contributed by atoms with E-state index in [1.807, 2.05) is 37.8 Å². The highest BCUT2D eigenvalue weighted by Gasteiger charge is 2.56. The molecule has 1 aliphatic rings. The first-order chi connectivity index (χ1) is 16.2. The fourth-order valence-electron chi connectivity index (χ4n) is 4.39. The minimum atomic E-state index is -0.830. The molecule has 6 nitrogen and oxygen atoms in total. The SMILES string of the molecule is CCCCCCN(CCCCCC)C(=O)CC1(C)OB(c2ccccc2C(=O)OC)OC1(C)C. The Bertz CT molecular complexity index is 787. The van der Waals surface area contributed by atoms with Crippen molar-refractivity contribution in [2.24, 2.45) is 0 Å². The second-order valence-electron chi connectivity index (χ2n) is 10.1. The highest BCUT2D eigenvalue weighted by molar-refractivity contribution is 6.63. The molecule has 0 aromatic heterocycles. The third kappa shape index (κ3) is 7.32. The average molecular weight is 473 g/mol. The van der Waals surface area contributed by atoms with Crippen LogP contribution in [0, 0.1) is 0 Å². The van der Waals surface area contributed by atoms with Crippen LogP contribution in [0.3, 0.4) is 0 Å². The maximum Gasteiger partial charge on any atom is 0.495 e. The highest BCUT2D eigenvalue weighted by Crippen LogP contribution is 2.40. The lowest BCUT2D eigenvalue weighted by Crippen LogP contribution is -2.49. The summed E-state index contributed by atoms with van der Waals surface area (Å²) in [5, 5.41) is 0. The number of benzene rings is 1. The van der Waals surface area contributed by atoms with Crippen LogP contribution < -0.4 is 5.46 Å². The van der Waals surface area contributed by atoms with E-state index in [1.54, 1.807) is 12.1 Å². The van der Waals surface area contributed by atoms with E-state index in [0.29, 0.717) is 11.0 Å². The fourth-order valence-corrected chi connectivity index (χ4v) is 4.39. The van der Waals surface area contributed by atoms with Gasteiger partial charge in [-0.05, 0) is 45.1 Å². The first kappa shape index (κ1) is 28.4. The van der Waals surface area contributed by atoms with Gasteiger partial charge in [-0.15, -0.1) is 0 Å². The molecule has 1 heterocycles. The molecule has 1 saturated heterocycles. The minimum Gasteiger partial charge on any atom is -0.465 e. The number of hydrogen-bond donors (Lipinski definition) is 0. The number of ether oxygens (including phenoxy) is 1. The Kier molecular flexibility index (Phi) is 11.1. The van der Waals surface area contributed by atoms with Crippen molar-refractivity contribution in [2.75, 3.05) is 20.2 Å². The summed E-state index contributed by atoms with van der Waals surface area (Å²) in [6.45, 7) is 11.8. The Hall–Kier alpha value is -1.86. The van der Waals surface area contributed by atoms with Gasteiger partial charge in [0.05, 0.1) is 30.3 Å². The van der Waals surface area contributed by atoms with Crippen LogP contribution in [0.5, 0.6) is 0 Å². The van der Waals surface area contributed by atoms with Crippen molar-refractivity contribution in [1.82, 2.24) is 4.90 Å². The molecule has 1 aliphatic heterocycles. The van der Waals surface area contributed by atoms with Gasteiger partial charge in [0.2, 0.25) is 5.91 Å². The number of hydrogen-bond acceptors (Lipinski definition) is 5. The Morgan fingerprint density at radius 3 is 2.06 bits per heavy atom. The van der Waals surface area contributed by atoms with Gasteiger partial charge in [-0.3, -0.25) is 4.79 Å². The maximum atomic E-state index is 13.5. The molecule has 2 rings (SSSR count). The van der Waals surface area contributed by atoms with Gasteiger partial charge in [0.15, 0.2) is 0 Å². The predicted molar refractivity (Wildman–Crippen MR) is 137 cm³/mol. The molecule has 0 saturated carbocycles. The van der Waals surface area contributed by atoms with Crippen LogP contribution >= 0.6 is 0 Å². The third-order valence-electron chi connectivity index (χ3n) is 7.07. The van der Waals surface area contributed by atoms with Crippen LogP contribution in [0.25, 0.3) is 0 Å². The zero-order chi connectivity index (χ0) is 25.2. The van der Waals surface area contributed by atoms with Crippen molar-refractivity contribution in [2.45, 2.75) is 104 Å². The second-order valence-corrected chi connectivity index (χ2v) is 10.1. The first-order valence-corrected chi connectivity index (χ1v) is 13.0. The number of carbonyl (C=O) groups excluding carboxylic acids is 2. The zero-order valence-electron chi connectivity index (χ0n) is 22.2. The van der Waals surface area contributed by atoms with Crippen molar-refractivity contribution < 1.29 is 23.6 Å². The molecule has 0 spiro atoms. The Morgan fingerprint density at radius 1 is 0.912 bits per heavy atom. The normalized spacial score (nSPS) is 19.3. The molecular formula is C27H44BNO5. The van der Waals surface area contributed by atoms with E-state index < -0.39 is 24.3 Å². The summed E-state index contributed by atoms with van der Waals surface area (Å²) in [5.74, 6) is -0.329. The summed E-state index contributed by atoms with van der Waals surface area (Å²) in [6, 6.07) is 7.15. The number of nitrogens with zero attached hydrogens (tertiary/aromatic N) is 1. The number of unbranched alkanes of at least 4 members (excludes halogenated alkanes) is 6. The van der Waals surface area contributed by atoms with Crippen molar-refractivity contribution in [3.05, 3.63) is 29.8 Å². The molecule has 1 aromatic carbocycles. The lowest BCUT2D eigenvalue weighted by molar-refractivity contribution is -0.138. The average Bonchev–Trinajstić information content (AvgIpc) is 3.05. The van der Waals surface area contributed by atoms with E-state index in [-0.39, 0.29) is 12.3 Å². The topological polar surface area (TPSA) is 65.1 Å². The van der Waals surface area contributed by atoms with Crippen molar-refractivity contribution in [3.8, 4) is 0 Å². The molecule has 190 valence electrons. The van der Waals surface area contributed by atoms with Crippen LogP contribution in [0.15, 0.2) is 24.3 Å². The van der Waals surface area contributed by atoms with Crippen molar-refractivity contribution in [1.29, 1.82) is 0 Å². The molecule has 1 unspecified atom stereocenters. The molecule has 1 amide bonds. The van der Waals surface area contributed by atoms with E-state index in [0.717, 1.165) is 38.8 Å². The monoisotopic (exact) mass is 473 g/mol. The molecular weight excluding hydrogens is 429 g/mol. The summed E-state index contributed by atoms with van der Waals surface area (Å²) in [7, 11) is 0.614. The summed E-state index contributed by atoms with van der Waals surface area (Å²) >= 11 is 0. The molecule has 1 fully saturated rings. The van der Waals surface area contributed by atoms with Gasteiger partial charge in [-0.1, -0.05) is 70.6 Å². The smallest absolute Gasteiger partial charge is 0.465 e. The Morgan fingerprint density at radius 2 is 1.50 bits per heavy atom. The van der Waals surface area contributed by atoms with Crippen LogP contribution in [-0.4, -0.2) is 55.3 Å². The van der Waals surface area contributed by atoms with Gasteiger partial charge in [-0.2, -0.15) is 0 Å². The fraction of sp³-hybridized carbons (Fsp3) is 0.704. The number of esters is 1. The molecule has 7 heteroatoms. The number of amides is 1. The molecule has 0 bridgehead atoms. The molecule has 0 aliphatic carbocycles. The van der Waals surface area contributed by atoms with Crippen LogP contribution in [0.4, 0.5) is 0 Å². The summed E-state index contributed by atoms with van der Waals surface area (Å²) in [6.07, 6.45) is 9.32. The number of carbonyl (C=O) groups is 2. The van der Waals surface area contributed by atoms with E-state index in [1.165, 1.54) is 32.8 Å². The van der Waals surface area contributed by atoms with E-state index in [4.69, 9.17) is 14.0 Å². The van der Waals surface area contributed by atoms with Crippen LogP contribution in [0.2, 0.25) is 0 Å². The van der Waals surface area contributed by atoms with Gasteiger partial charge < -0.3 is 18.9 Å². The van der Waals surface area contributed by atoms with Crippen molar-refractivity contribution in [3.63, 3.8) is 0 Å². The summed E-state index contributed by atoms with van der Waals surface area (Å²) < 4.78 is 17.6. The van der Waals surface area contributed by atoms with Gasteiger partial charge >= 0.3 is 13.1 Å². The molecule has 1 atom stereocenters. The van der Waals surface area contributed by atoms with Gasteiger partial charge in [-0.25, -0.2) is 4.79 Å². The van der Waals surface area contributed by atoms with Gasteiger partial charge in [0, 0.05) is 13.1 Å². The Balaban J connectivity index is 2.15. The van der Waals surface area contributed by atoms with E-state index in [2.05, 4.69) is 13.8 Å². The van der Waals surface area contributed by atoms with Crippen molar-refractivity contribution >= 4 is 24.5 Å². The number of rotatable bonds is 14.